The van der Waals surface area contributed by atoms with Crippen molar-refractivity contribution in [1.82, 2.24) is 5.32 Å². The number of halogens is 2. The van der Waals surface area contributed by atoms with Crippen LogP contribution in [-0.4, -0.2) is 43.9 Å². The Kier molecular flexibility index (Phi) is 5.28. The second-order valence-corrected chi connectivity index (χ2v) is 2.69. The van der Waals surface area contributed by atoms with Crippen LogP contribution in [0, 0.1) is 0 Å². The molecule has 0 bridgehead atoms. The molecule has 12 heavy (non-hydrogen) atoms. The van der Waals surface area contributed by atoms with E-state index in [1.54, 1.807) is 6.92 Å². The Hall–Kier alpha value is -0.260. The number of nitrogens with one attached hydrogen (secondary N) is 1. The molecule has 1 atom stereocenters. The van der Waals surface area contributed by atoms with E-state index in [1.165, 1.54) is 7.11 Å². The number of ether oxygens (including phenoxy) is 1. The predicted octanol–water partition coefficient (Wildman–Crippen LogP) is 0.238. The molecule has 0 aromatic heterocycles. The van der Waals surface area contributed by atoms with Crippen molar-refractivity contribution in [2.45, 2.75) is 19.0 Å². The summed E-state index contributed by atoms with van der Waals surface area (Å²) in [5.74, 6) is -3.03. The molecule has 0 aliphatic rings. The summed E-state index contributed by atoms with van der Waals surface area (Å²) in [6.45, 7) is 0.481. The fourth-order valence-corrected chi connectivity index (χ4v) is 0.598. The van der Waals surface area contributed by atoms with E-state index in [4.69, 9.17) is 9.84 Å². The van der Waals surface area contributed by atoms with Gasteiger partial charge in [0.05, 0.1) is 12.6 Å². The van der Waals surface area contributed by atoms with Crippen LogP contribution in [0.3, 0.4) is 0 Å². The van der Waals surface area contributed by atoms with Crippen LogP contribution in [0.25, 0.3) is 0 Å². The smallest absolute Gasteiger partial charge is 0.282 e. The Bertz CT molecular complexity index is 122. The lowest BCUT2D eigenvalue weighted by atomic mass is 10.3. The predicted molar refractivity (Wildman–Crippen MR) is 41.4 cm³/mol. The summed E-state index contributed by atoms with van der Waals surface area (Å²) in [5, 5.41) is 10.7. The molecule has 0 amide bonds. The molecule has 2 N–H and O–H groups in total. The molecular weight excluding hydrogens is 168 g/mol. The van der Waals surface area contributed by atoms with Gasteiger partial charge in [0.25, 0.3) is 5.92 Å². The molecule has 0 aromatic carbocycles. The van der Waals surface area contributed by atoms with Crippen molar-refractivity contribution in [3.8, 4) is 0 Å². The standard InChI is InChI=1S/C7H15F2NO2/c1-6(12-2)3-10-4-7(8,9)5-11/h6,10-11H,3-5H2,1-2H3. The van der Waals surface area contributed by atoms with Crippen molar-refractivity contribution < 1.29 is 18.6 Å². The quantitative estimate of drug-likeness (QED) is 0.619. The van der Waals surface area contributed by atoms with Crippen molar-refractivity contribution >= 4 is 0 Å². The van der Waals surface area contributed by atoms with Gasteiger partial charge in [0.15, 0.2) is 0 Å². The SMILES string of the molecule is COC(C)CNCC(F)(F)CO. The Morgan fingerprint density at radius 1 is 1.58 bits per heavy atom. The fraction of sp³-hybridized carbons (Fsp3) is 1.00. The van der Waals surface area contributed by atoms with Crippen LogP contribution in [0.4, 0.5) is 8.78 Å². The fourth-order valence-electron chi connectivity index (χ4n) is 0.598. The first kappa shape index (κ1) is 11.7. The zero-order valence-corrected chi connectivity index (χ0v) is 7.31. The Morgan fingerprint density at radius 2 is 2.17 bits per heavy atom. The molecule has 0 fully saturated rings. The lowest BCUT2D eigenvalue weighted by Crippen LogP contribution is -2.39. The maximum Gasteiger partial charge on any atom is 0.282 e. The number of aliphatic hydroxyl groups is 1. The number of hydrogen-bond acceptors (Lipinski definition) is 3. The van der Waals surface area contributed by atoms with Crippen molar-refractivity contribution in [3.63, 3.8) is 0 Å². The molecule has 0 rings (SSSR count). The monoisotopic (exact) mass is 183 g/mol. The molecule has 3 nitrogen and oxygen atoms in total. The third kappa shape index (κ3) is 5.40. The van der Waals surface area contributed by atoms with E-state index in [0.29, 0.717) is 6.54 Å². The highest BCUT2D eigenvalue weighted by Gasteiger charge is 2.26. The zero-order chi connectivity index (χ0) is 9.61. The van der Waals surface area contributed by atoms with Crippen LogP contribution in [-0.2, 0) is 4.74 Å². The largest absolute Gasteiger partial charge is 0.390 e. The highest BCUT2D eigenvalue weighted by atomic mass is 19.3. The maximum atomic E-state index is 12.4. The van der Waals surface area contributed by atoms with Gasteiger partial charge in [-0.3, -0.25) is 0 Å². The lowest BCUT2D eigenvalue weighted by molar-refractivity contribution is -0.0491. The highest BCUT2D eigenvalue weighted by molar-refractivity contribution is 4.68. The number of rotatable bonds is 6. The van der Waals surface area contributed by atoms with Gasteiger partial charge in [0, 0.05) is 13.7 Å². The lowest BCUT2D eigenvalue weighted by Gasteiger charge is -2.15. The molecule has 0 saturated carbocycles. The molecule has 0 heterocycles. The van der Waals surface area contributed by atoms with E-state index in [9.17, 15) is 8.78 Å². The molecule has 0 aliphatic heterocycles. The molecule has 74 valence electrons. The second-order valence-electron chi connectivity index (χ2n) is 2.69. The zero-order valence-electron chi connectivity index (χ0n) is 7.31. The average molecular weight is 183 g/mol. The second kappa shape index (κ2) is 5.40. The summed E-state index contributed by atoms with van der Waals surface area (Å²) < 4.78 is 29.5. The summed E-state index contributed by atoms with van der Waals surface area (Å²) in [6.07, 6.45) is -0.0977. The Labute approximate surface area is 70.7 Å². The van der Waals surface area contributed by atoms with Crippen LogP contribution in [0.1, 0.15) is 6.92 Å². The number of methoxy groups -OCH3 is 1. The molecule has 1 unspecified atom stereocenters. The van der Waals surface area contributed by atoms with Gasteiger partial charge in [-0.05, 0) is 6.92 Å². The van der Waals surface area contributed by atoms with E-state index >= 15 is 0 Å². The van der Waals surface area contributed by atoms with E-state index in [1.807, 2.05) is 0 Å². The van der Waals surface area contributed by atoms with Gasteiger partial charge < -0.3 is 15.2 Å². The normalized spacial score (nSPS) is 14.8. The van der Waals surface area contributed by atoms with Crippen molar-refractivity contribution in [3.05, 3.63) is 0 Å². The maximum absolute atomic E-state index is 12.4. The molecular formula is C7H15F2NO2. The van der Waals surface area contributed by atoms with Crippen LogP contribution in [0.5, 0.6) is 0 Å². The number of hydrogen-bond donors (Lipinski definition) is 2. The van der Waals surface area contributed by atoms with Crippen LogP contribution >= 0.6 is 0 Å². The van der Waals surface area contributed by atoms with E-state index in [-0.39, 0.29) is 6.10 Å². The summed E-state index contributed by atoms with van der Waals surface area (Å²) in [4.78, 5) is 0. The number of aliphatic hydroxyl groups excluding tert-OH is 1. The van der Waals surface area contributed by atoms with Gasteiger partial charge in [-0.1, -0.05) is 0 Å². The Morgan fingerprint density at radius 3 is 2.58 bits per heavy atom. The van der Waals surface area contributed by atoms with Crippen LogP contribution < -0.4 is 5.32 Å². The first-order valence-corrected chi connectivity index (χ1v) is 3.74. The minimum absolute atomic E-state index is 0.0977. The van der Waals surface area contributed by atoms with Gasteiger partial charge in [-0.25, -0.2) is 8.78 Å². The van der Waals surface area contributed by atoms with Crippen LogP contribution in [0.15, 0.2) is 0 Å². The molecule has 0 aliphatic carbocycles. The third-order valence-corrected chi connectivity index (χ3v) is 1.45. The summed E-state index contributed by atoms with van der Waals surface area (Å²) >= 11 is 0. The summed E-state index contributed by atoms with van der Waals surface area (Å²) in [7, 11) is 1.51. The van der Waals surface area contributed by atoms with Gasteiger partial charge in [-0.2, -0.15) is 0 Å². The van der Waals surface area contributed by atoms with Gasteiger partial charge >= 0.3 is 0 Å². The molecule has 0 saturated heterocycles. The Balaban J connectivity index is 3.42. The molecule has 0 aromatic rings. The third-order valence-electron chi connectivity index (χ3n) is 1.45. The minimum atomic E-state index is -3.03. The van der Waals surface area contributed by atoms with E-state index in [0.717, 1.165) is 0 Å². The molecule has 5 heteroatoms. The van der Waals surface area contributed by atoms with E-state index < -0.39 is 19.1 Å². The first-order valence-electron chi connectivity index (χ1n) is 3.74. The van der Waals surface area contributed by atoms with Gasteiger partial charge in [0.1, 0.15) is 6.61 Å². The summed E-state index contributed by atoms with van der Waals surface area (Å²) in [5.41, 5.74) is 0. The van der Waals surface area contributed by atoms with Gasteiger partial charge in [-0.15, -0.1) is 0 Å². The average Bonchev–Trinajstić information content (AvgIpc) is 2.04. The topological polar surface area (TPSA) is 41.5 Å². The van der Waals surface area contributed by atoms with Crippen molar-refractivity contribution in [2.24, 2.45) is 0 Å². The molecule has 0 spiro atoms. The van der Waals surface area contributed by atoms with Crippen molar-refractivity contribution in [2.75, 3.05) is 26.8 Å². The minimum Gasteiger partial charge on any atom is -0.390 e. The summed E-state index contributed by atoms with van der Waals surface area (Å²) in [6, 6.07) is 0. The number of alkyl halides is 2. The van der Waals surface area contributed by atoms with Crippen molar-refractivity contribution in [1.29, 1.82) is 0 Å². The highest BCUT2D eigenvalue weighted by Crippen LogP contribution is 2.09. The van der Waals surface area contributed by atoms with Crippen LogP contribution in [0.2, 0.25) is 0 Å². The first-order chi connectivity index (χ1) is 5.52. The van der Waals surface area contributed by atoms with Gasteiger partial charge in [0.2, 0.25) is 0 Å². The molecule has 0 radical (unpaired) electrons. The van der Waals surface area contributed by atoms with E-state index in [2.05, 4.69) is 5.32 Å².